The number of nitrogens with one attached hydrogen (secondary N) is 1. The maximum absolute atomic E-state index is 5.97. The third-order valence-electron chi connectivity index (χ3n) is 3.20. The molecule has 1 aliphatic rings. The first-order valence-corrected chi connectivity index (χ1v) is 7.19. The summed E-state index contributed by atoms with van der Waals surface area (Å²) in [6.45, 7) is 6.99. The quantitative estimate of drug-likeness (QED) is 0.802. The number of nitrogens with zero attached hydrogens (tertiary/aromatic N) is 3. The molecule has 1 aliphatic heterocycles. The molecule has 1 N–H and O–H groups in total. The Morgan fingerprint density at radius 3 is 3.15 bits per heavy atom. The summed E-state index contributed by atoms with van der Waals surface area (Å²) in [5, 5.41) is 3.67. The number of rotatable bonds is 6. The highest BCUT2D eigenvalue weighted by Crippen LogP contribution is 2.13. The van der Waals surface area contributed by atoms with Crippen molar-refractivity contribution >= 4 is 17.4 Å². The average molecular weight is 301 g/mol. The van der Waals surface area contributed by atoms with Gasteiger partial charge in [0.2, 0.25) is 0 Å². The van der Waals surface area contributed by atoms with Crippen LogP contribution < -0.4 is 5.32 Å². The zero-order valence-electron chi connectivity index (χ0n) is 11.9. The van der Waals surface area contributed by atoms with Crippen molar-refractivity contribution in [1.29, 1.82) is 0 Å². The average Bonchev–Trinajstić information content (AvgIpc) is 2.45. The van der Waals surface area contributed by atoms with Crippen LogP contribution in [0.1, 0.15) is 12.7 Å². The summed E-state index contributed by atoms with van der Waals surface area (Å²) in [5.74, 6) is 1.27. The number of anilines is 1. The number of ether oxygens (including phenoxy) is 2. The van der Waals surface area contributed by atoms with Crippen LogP contribution in [0.15, 0.2) is 6.07 Å². The molecule has 20 heavy (non-hydrogen) atoms. The van der Waals surface area contributed by atoms with Gasteiger partial charge in [0.15, 0.2) is 5.82 Å². The van der Waals surface area contributed by atoms with E-state index in [-0.39, 0.29) is 6.10 Å². The van der Waals surface area contributed by atoms with Gasteiger partial charge in [-0.3, -0.25) is 4.90 Å². The molecule has 0 aliphatic carbocycles. The second-order valence-corrected chi connectivity index (χ2v) is 5.08. The SMILES string of the molecule is CCN1CCOC(CNc2cc(Cl)nc(COC)n2)C1. The van der Waals surface area contributed by atoms with Gasteiger partial charge < -0.3 is 14.8 Å². The van der Waals surface area contributed by atoms with E-state index in [1.807, 2.05) is 0 Å². The first-order chi connectivity index (χ1) is 9.71. The fraction of sp³-hybridized carbons (Fsp3) is 0.692. The molecule has 1 atom stereocenters. The lowest BCUT2D eigenvalue weighted by molar-refractivity contribution is -0.0192. The first kappa shape index (κ1) is 15.4. The van der Waals surface area contributed by atoms with Crippen LogP contribution in [0.5, 0.6) is 0 Å². The van der Waals surface area contributed by atoms with E-state index < -0.39 is 0 Å². The summed E-state index contributed by atoms with van der Waals surface area (Å²) in [7, 11) is 1.60. The van der Waals surface area contributed by atoms with E-state index in [1.165, 1.54) is 0 Å². The fourth-order valence-electron chi connectivity index (χ4n) is 2.16. The monoisotopic (exact) mass is 300 g/mol. The molecule has 2 rings (SSSR count). The minimum Gasteiger partial charge on any atom is -0.377 e. The maximum Gasteiger partial charge on any atom is 0.158 e. The van der Waals surface area contributed by atoms with Crippen molar-refractivity contribution in [2.75, 3.05) is 45.2 Å². The van der Waals surface area contributed by atoms with Crippen LogP contribution in [0.2, 0.25) is 5.15 Å². The van der Waals surface area contributed by atoms with Crippen molar-refractivity contribution in [1.82, 2.24) is 14.9 Å². The molecule has 1 saturated heterocycles. The second kappa shape index (κ2) is 7.73. The Hall–Kier alpha value is -0.950. The minimum absolute atomic E-state index is 0.170. The summed E-state index contributed by atoms with van der Waals surface area (Å²) in [6.07, 6.45) is 0.170. The molecule has 0 aromatic carbocycles. The van der Waals surface area contributed by atoms with Gasteiger partial charge in [0.1, 0.15) is 17.6 Å². The molecule has 1 unspecified atom stereocenters. The Bertz CT molecular complexity index is 433. The molecule has 0 radical (unpaired) electrons. The first-order valence-electron chi connectivity index (χ1n) is 6.81. The lowest BCUT2D eigenvalue weighted by Gasteiger charge is -2.32. The molecule has 1 aromatic rings. The van der Waals surface area contributed by atoms with Crippen molar-refractivity contribution in [2.45, 2.75) is 19.6 Å². The van der Waals surface area contributed by atoms with E-state index in [2.05, 4.69) is 27.1 Å². The Labute approximate surface area is 124 Å². The van der Waals surface area contributed by atoms with Gasteiger partial charge in [0.05, 0.1) is 12.7 Å². The highest BCUT2D eigenvalue weighted by molar-refractivity contribution is 6.29. The predicted molar refractivity (Wildman–Crippen MR) is 78.1 cm³/mol. The van der Waals surface area contributed by atoms with Crippen LogP contribution in [-0.2, 0) is 16.1 Å². The Morgan fingerprint density at radius 1 is 1.55 bits per heavy atom. The normalized spacial score (nSPS) is 20.1. The van der Waals surface area contributed by atoms with Crippen molar-refractivity contribution in [3.63, 3.8) is 0 Å². The van der Waals surface area contributed by atoms with Gasteiger partial charge in [-0.15, -0.1) is 0 Å². The lowest BCUT2D eigenvalue weighted by atomic mass is 10.2. The zero-order valence-corrected chi connectivity index (χ0v) is 12.7. The van der Waals surface area contributed by atoms with Crippen LogP contribution in [-0.4, -0.2) is 60.9 Å². The number of morpholine rings is 1. The summed E-state index contributed by atoms with van der Waals surface area (Å²) >= 11 is 5.97. The van der Waals surface area contributed by atoms with Crippen LogP contribution in [0.4, 0.5) is 5.82 Å². The Morgan fingerprint density at radius 2 is 2.40 bits per heavy atom. The highest BCUT2D eigenvalue weighted by atomic mass is 35.5. The molecule has 6 nitrogen and oxygen atoms in total. The number of aromatic nitrogens is 2. The summed E-state index contributed by atoms with van der Waals surface area (Å²) < 4.78 is 10.8. The van der Waals surface area contributed by atoms with Gasteiger partial charge in [-0.25, -0.2) is 9.97 Å². The van der Waals surface area contributed by atoms with Crippen molar-refractivity contribution in [3.8, 4) is 0 Å². The molecule has 1 aromatic heterocycles. The van der Waals surface area contributed by atoms with E-state index in [1.54, 1.807) is 13.2 Å². The van der Waals surface area contributed by atoms with Crippen molar-refractivity contribution in [3.05, 3.63) is 17.0 Å². The van der Waals surface area contributed by atoms with Crippen LogP contribution in [0.3, 0.4) is 0 Å². The van der Waals surface area contributed by atoms with E-state index in [4.69, 9.17) is 21.1 Å². The number of hydrogen-bond donors (Lipinski definition) is 1. The third kappa shape index (κ3) is 4.56. The van der Waals surface area contributed by atoms with Gasteiger partial charge in [0, 0.05) is 32.8 Å². The maximum atomic E-state index is 5.97. The van der Waals surface area contributed by atoms with E-state index in [9.17, 15) is 0 Å². The topological polar surface area (TPSA) is 59.5 Å². The van der Waals surface area contributed by atoms with Crippen molar-refractivity contribution < 1.29 is 9.47 Å². The van der Waals surface area contributed by atoms with E-state index >= 15 is 0 Å². The third-order valence-corrected chi connectivity index (χ3v) is 3.39. The van der Waals surface area contributed by atoms with Crippen molar-refractivity contribution in [2.24, 2.45) is 0 Å². The number of likely N-dealkylation sites (N-methyl/N-ethyl adjacent to an activating group) is 1. The van der Waals surface area contributed by atoms with Crippen LogP contribution in [0, 0.1) is 0 Å². The summed E-state index contributed by atoms with van der Waals surface area (Å²) in [5.41, 5.74) is 0. The smallest absolute Gasteiger partial charge is 0.158 e. The minimum atomic E-state index is 0.170. The second-order valence-electron chi connectivity index (χ2n) is 4.69. The molecule has 2 heterocycles. The molecule has 1 fully saturated rings. The van der Waals surface area contributed by atoms with E-state index in [0.29, 0.717) is 29.9 Å². The molecular weight excluding hydrogens is 280 g/mol. The highest BCUT2D eigenvalue weighted by Gasteiger charge is 2.19. The predicted octanol–water partition coefficient (Wildman–Crippen LogP) is 1.41. The van der Waals surface area contributed by atoms with E-state index in [0.717, 1.165) is 26.2 Å². The molecule has 7 heteroatoms. The molecule has 0 saturated carbocycles. The van der Waals surface area contributed by atoms with Crippen LogP contribution in [0.25, 0.3) is 0 Å². The van der Waals surface area contributed by atoms with Gasteiger partial charge >= 0.3 is 0 Å². The lowest BCUT2D eigenvalue weighted by Crippen LogP contribution is -2.45. The largest absolute Gasteiger partial charge is 0.377 e. The van der Waals surface area contributed by atoms with Gasteiger partial charge in [-0.1, -0.05) is 18.5 Å². The van der Waals surface area contributed by atoms with Gasteiger partial charge in [0.25, 0.3) is 0 Å². The van der Waals surface area contributed by atoms with Gasteiger partial charge in [-0.05, 0) is 6.54 Å². The Kier molecular flexibility index (Phi) is 5.97. The summed E-state index contributed by atoms with van der Waals surface area (Å²) in [6, 6.07) is 1.71. The molecule has 0 spiro atoms. The molecule has 0 amide bonds. The van der Waals surface area contributed by atoms with Crippen LogP contribution >= 0.6 is 11.6 Å². The number of hydrogen-bond acceptors (Lipinski definition) is 6. The molecule has 112 valence electrons. The molecule has 0 bridgehead atoms. The zero-order chi connectivity index (χ0) is 14.4. The molecular formula is C13H21ClN4O2. The summed E-state index contributed by atoms with van der Waals surface area (Å²) in [4.78, 5) is 10.8. The standard InChI is InChI=1S/C13H21ClN4O2/c1-3-18-4-5-20-10(8-18)7-15-12-6-11(14)16-13(17-12)9-19-2/h6,10H,3-5,7-9H2,1-2H3,(H,15,16,17). The van der Waals surface area contributed by atoms with Gasteiger partial charge in [-0.2, -0.15) is 0 Å². The Balaban J connectivity index is 1.89. The number of methoxy groups -OCH3 is 1. The fourth-order valence-corrected chi connectivity index (χ4v) is 2.36. The number of halogens is 1.